The van der Waals surface area contributed by atoms with E-state index in [0.29, 0.717) is 11.4 Å². The molecule has 1 aromatic carbocycles. The average molecular weight is 344 g/mol. The zero-order valence-electron chi connectivity index (χ0n) is 14.7. The minimum Gasteiger partial charge on any atom is -0.494 e. The number of aromatic nitrogens is 2. The van der Waals surface area contributed by atoms with Crippen LogP contribution in [0.25, 0.3) is 10.9 Å². The van der Waals surface area contributed by atoms with Gasteiger partial charge in [-0.2, -0.15) is 0 Å². The molecule has 2 aliphatic rings. The highest BCUT2D eigenvalue weighted by molar-refractivity contribution is 5.90. The van der Waals surface area contributed by atoms with Gasteiger partial charge in [0.15, 0.2) is 11.6 Å². The lowest BCUT2D eigenvalue weighted by Gasteiger charge is -2.39. The zero-order chi connectivity index (χ0) is 17.2. The third-order valence-electron chi connectivity index (χ3n) is 5.72. The molecule has 134 valence electrons. The SMILES string of the molecule is COc1ccc2c(N3CCCC(C4CCNCC4)C3)ncnc2c1F. The number of hydrogen-bond donors (Lipinski definition) is 1. The molecule has 1 N–H and O–H groups in total. The molecule has 1 aromatic heterocycles. The second-order valence-electron chi connectivity index (χ2n) is 7.11. The molecule has 0 aliphatic carbocycles. The van der Waals surface area contributed by atoms with E-state index in [-0.39, 0.29) is 5.75 Å². The normalized spacial score (nSPS) is 22.3. The highest BCUT2D eigenvalue weighted by atomic mass is 19.1. The predicted molar refractivity (Wildman–Crippen MR) is 96.6 cm³/mol. The quantitative estimate of drug-likeness (QED) is 0.928. The summed E-state index contributed by atoms with van der Waals surface area (Å²) in [7, 11) is 1.47. The first-order chi connectivity index (χ1) is 12.3. The van der Waals surface area contributed by atoms with Gasteiger partial charge >= 0.3 is 0 Å². The molecule has 4 rings (SSSR count). The zero-order valence-corrected chi connectivity index (χ0v) is 14.7. The molecule has 0 bridgehead atoms. The largest absolute Gasteiger partial charge is 0.494 e. The molecule has 0 amide bonds. The minimum atomic E-state index is -0.407. The number of methoxy groups -OCH3 is 1. The van der Waals surface area contributed by atoms with Crippen molar-refractivity contribution < 1.29 is 9.13 Å². The van der Waals surface area contributed by atoms with Gasteiger partial charge < -0.3 is 15.0 Å². The Morgan fingerprint density at radius 2 is 2.00 bits per heavy atom. The molecule has 0 radical (unpaired) electrons. The van der Waals surface area contributed by atoms with Crippen LogP contribution in [0.3, 0.4) is 0 Å². The number of rotatable bonds is 3. The Hall–Kier alpha value is -1.95. The van der Waals surface area contributed by atoms with E-state index in [9.17, 15) is 4.39 Å². The molecule has 1 atom stereocenters. The van der Waals surface area contributed by atoms with Crippen molar-refractivity contribution in [1.82, 2.24) is 15.3 Å². The molecule has 5 nitrogen and oxygen atoms in total. The van der Waals surface area contributed by atoms with E-state index in [2.05, 4.69) is 20.2 Å². The standard InChI is InChI=1S/C19H25FN4O/c1-25-16-5-4-15-18(17(16)20)22-12-23-19(15)24-10-2-3-14(11-24)13-6-8-21-9-7-13/h4-5,12-14,21H,2-3,6-11H2,1H3. The second-order valence-corrected chi connectivity index (χ2v) is 7.11. The van der Waals surface area contributed by atoms with Crippen molar-refractivity contribution >= 4 is 16.7 Å². The Morgan fingerprint density at radius 1 is 1.16 bits per heavy atom. The molecular weight excluding hydrogens is 319 g/mol. The molecule has 2 aliphatic heterocycles. The van der Waals surface area contributed by atoms with Gasteiger partial charge in [-0.3, -0.25) is 0 Å². The van der Waals surface area contributed by atoms with Crippen LogP contribution >= 0.6 is 0 Å². The number of halogens is 1. The molecule has 2 aromatic rings. The fourth-order valence-electron chi connectivity index (χ4n) is 4.38. The Morgan fingerprint density at radius 3 is 2.80 bits per heavy atom. The maximum absolute atomic E-state index is 14.5. The first-order valence-electron chi connectivity index (χ1n) is 9.21. The van der Waals surface area contributed by atoms with Crippen LogP contribution < -0.4 is 15.0 Å². The van der Waals surface area contributed by atoms with Crippen molar-refractivity contribution in [1.29, 1.82) is 0 Å². The van der Waals surface area contributed by atoms with E-state index < -0.39 is 5.82 Å². The summed E-state index contributed by atoms with van der Waals surface area (Å²) in [5.41, 5.74) is 0.341. The van der Waals surface area contributed by atoms with Crippen LogP contribution in [-0.4, -0.2) is 43.3 Å². The average Bonchev–Trinajstić information content (AvgIpc) is 2.69. The van der Waals surface area contributed by atoms with E-state index >= 15 is 0 Å². The Kier molecular flexibility index (Phi) is 4.70. The number of nitrogens with zero attached hydrogens (tertiary/aromatic N) is 3. The smallest absolute Gasteiger partial charge is 0.191 e. The lowest BCUT2D eigenvalue weighted by molar-refractivity contribution is 0.229. The third-order valence-corrected chi connectivity index (χ3v) is 5.72. The number of benzene rings is 1. The molecule has 0 spiro atoms. The molecule has 1 unspecified atom stereocenters. The van der Waals surface area contributed by atoms with Gasteiger partial charge in [-0.15, -0.1) is 0 Å². The van der Waals surface area contributed by atoms with Crippen LogP contribution in [0, 0.1) is 17.7 Å². The Balaban J connectivity index is 1.63. The van der Waals surface area contributed by atoms with Crippen molar-refractivity contribution in [3.63, 3.8) is 0 Å². The highest BCUT2D eigenvalue weighted by Crippen LogP contribution is 2.35. The number of fused-ring (bicyclic) bond motifs is 1. The second kappa shape index (κ2) is 7.12. The lowest BCUT2D eigenvalue weighted by Crippen LogP contribution is -2.42. The predicted octanol–water partition coefficient (Wildman–Crippen LogP) is 2.99. The lowest BCUT2D eigenvalue weighted by atomic mass is 9.80. The van der Waals surface area contributed by atoms with Crippen molar-refractivity contribution in [2.24, 2.45) is 11.8 Å². The van der Waals surface area contributed by atoms with Crippen LogP contribution in [0.1, 0.15) is 25.7 Å². The summed E-state index contributed by atoms with van der Waals surface area (Å²) < 4.78 is 19.6. The summed E-state index contributed by atoms with van der Waals surface area (Å²) in [6.45, 7) is 4.23. The third kappa shape index (κ3) is 3.15. The van der Waals surface area contributed by atoms with Gasteiger partial charge in [0.1, 0.15) is 17.7 Å². The number of piperidine rings is 2. The minimum absolute atomic E-state index is 0.225. The van der Waals surface area contributed by atoms with Crippen LogP contribution in [-0.2, 0) is 0 Å². The van der Waals surface area contributed by atoms with E-state index in [0.717, 1.165) is 43.3 Å². The van der Waals surface area contributed by atoms with Gasteiger partial charge in [0, 0.05) is 18.5 Å². The maximum atomic E-state index is 14.5. The molecule has 0 saturated carbocycles. The van der Waals surface area contributed by atoms with Crippen LogP contribution in [0.15, 0.2) is 18.5 Å². The first kappa shape index (κ1) is 16.5. The van der Waals surface area contributed by atoms with Crippen molar-refractivity contribution in [3.05, 3.63) is 24.3 Å². The van der Waals surface area contributed by atoms with E-state index in [4.69, 9.17) is 4.74 Å². The summed E-state index contributed by atoms with van der Waals surface area (Å²) in [5.74, 6) is 2.15. The summed E-state index contributed by atoms with van der Waals surface area (Å²) >= 11 is 0. The van der Waals surface area contributed by atoms with Crippen LogP contribution in [0.2, 0.25) is 0 Å². The molecule has 2 fully saturated rings. The van der Waals surface area contributed by atoms with Crippen LogP contribution in [0.5, 0.6) is 5.75 Å². The van der Waals surface area contributed by atoms with Gasteiger partial charge in [-0.25, -0.2) is 14.4 Å². The topological polar surface area (TPSA) is 50.3 Å². The summed E-state index contributed by atoms with van der Waals surface area (Å²) in [4.78, 5) is 11.0. The Bertz CT molecular complexity index is 748. The van der Waals surface area contributed by atoms with Gasteiger partial charge in [0.05, 0.1) is 7.11 Å². The maximum Gasteiger partial charge on any atom is 0.191 e. The monoisotopic (exact) mass is 344 g/mol. The van der Waals surface area contributed by atoms with E-state index in [1.807, 2.05) is 6.07 Å². The summed E-state index contributed by atoms with van der Waals surface area (Å²) in [5, 5.41) is 4.22. The Labute approximate surface area is 147 Å². The number of nitrogens with one attached hydrogen (secondary N) is 1. The molecule has 6 heteroatoms. The highest BCUT2D eigenvalue weighted by Gasteiger charge is 2.29. The van der Waals surface area contributed by atoms with Crippen LogP contribution in [0.4, 0.5) is 10.2 Å². The fourth-order valence-corrected chi connectivity index (χ4v) is 4.38. The van der Waals surface area contributed by atoms with Gasteiger partial charge in [-0.1, -0.05) is 0 Å². The molecule has 2 saturated heterocycles. The van der Waals surface area contributed by atoms with Gasteiger partial charge in [0.2, 0.25) is 0 Å². The summed E-state index contributed by atoms with van der Waals surface area (Å²) in [6, 6.07) is 3.54. The molecular formula is C19H25FN4O. The molecule has 25 heavy (non-hydrogen) atoms. The van der Waals surface area contributed by atoms with Crippen molar-refractivity contribution in [2.75, 3.05) is 38.2 Å². The summed E-state index contributed by atoms with van der Waals surface area (Å²) in [6.07, 6.45) is 6.43. The van der Waals surface area contributed by atoms with E-state index in [1.54, 1.807) is 6.07 Å². The van der Waals surface area contributed by atoms with E-state index in [1.165, 1.54) is 39.1 Å². The number of ether oxygens (including phenoxy) is 1. The first-order valence-corrected chi connectivity index (χ1v) is 9.21. The van der Waals surface area contributed by atoms with Gasteiger partial charge in [0.25, 0.3) is 0 Å². The fraction of sp³-hybridized carbons (Fsp3) is 0.579. The van der Waals surface area contributed by atoms with Gasteiger partial charge in [-0.05, 0) is 62.7 Å². The van der Waals surface area contributed by atoms with Crippen molar-refractivity contribution in [3.8, 4) is 5.75 Å². The number of anilines is 1. The van der Waals surface area contributed by atoms with Crippen molar-refractivity contribution in [2.45, 2.75) is 25.7 Å². The number of hydrogen-bond acceptors (Lipinski definition) is 5. The molecule has 3 heterocycles.